The highest BCUT2D eigenvalue weighted by Gasteiger charge is 2.34. The maximum absolute atomic E-state index is 13.0. The van der Waals surface area contributed by atoms with Gasteiger partial charge in [-0.3, -0.25) is 14.4 Å². The van der Waals surface area contributed by atoms with E-state index in [0.29, 0.717) is 24.8 Å². The van der Waals surface area contributed by atoms with Crippen LogP contribution in [-0.2, 0) is 19.6 Å². The third kappa shape index (κ3) is 5.63. The number of amides is 2. The molecule has 36 heavy (non-hydrogen) atoms. The topological polar surface area (TPSA) is 139 Å². The number of nitrogens with zero attached hydrogens (tertiary/aromatic N) is 2. The Labute approximate surface area is 209 Å². The summed E-state index contributed by atoms with van der Waals surface area (Å²) in [6.45, 7) is 1.65. The summed E-state index contributed by atoms with van der Waals surface area (Å²) in [5.74, 6) is -1.36. The second-order valence-corrected chi connectivity index (χ2v) is 10.5. The number of carbonyl (C=O) groups excluding carboxylic acids is 3. The fourth-order valence-electron chi connectivity index (χ4n) is 4.14. The van der Waals surface area contributed by atoms with Gasteiger partial charge in [-0.15, -0.1) is 0 Å². The summed E-state index contributed by atoms with van der Waals surface area (Å²) >= 11 is 0. The number of rotatable bonds is 8. The minimum absolute atomic E-state index is 0.0889. The molecule has 4 rings (SSSR count). The van der Waals surface area contributed by atoms with E-state index < -0.39 is 39.7 Å². The van der Waals surface area contributed by atoms with Crippen molar-refractivity contribution < 1.29 is 27.2 Å². The first-order valence-corrected chi connectivity index (χ1v) is 13.3. The number of hydrogen-bond acceptors (Lipinski definition) is 7. The molecule has 2 N–H and O–H groups in total. The molecule has 10 nitrogen and oxygen atoms in total. The van der Waals surface area contributed by atoms with Gasteiger partial charge in [0.2, 0.25) is 5.91 Å². The predicted octanol–water partition coefficient (Wildman–Crippen LogP) is 2.26. The van der Waals surface area contributed by atoms with E-state index in [1.165, 1.54) is 12.3 Å². The smallest absolute Gasteiger partial charge is 0.287 e. The van der Waals surface area contributed by atoms with Crippen molar-refractivity contribution >= 4 is 38.6 Å². The molecule has 1 unspecified atom stereocenters. The summed E-state index contributed by atoms with van der Waals surface area (Å²) in [5.41, 5.74) is 0.563. The lowest BCUT2D eigenvalue weighted by atomic mass is 10.1. The fraction of sp³-hybridized carbons (Fsp3) is 0.360. The van der Waals surface area contributed by atoms with Crippen molar-refractivity contribution in [3.8, 4) is 0 Å². The lowest BCUT2D eigenvalue weighted by Crippen LogP contribution is -2.52. The first-order valence-electron chi connectivity index (χ1n) is 11.8. The number of furan rings is 1. The van der Waals surface area contributed by atoms with Gasteiger partial charge < -0.3 is 15.1 Å². The summed E-state index contributed by atoms with van der Waals surface area (Å²) in [6, 6.07) is 11.6. The van der Waals surface area contributed by atoms with E-state index in [4.69, 9.17) is 4.42 Å². The minimum Gasteiger partial charge on any atom is -0.451 e. The molecule has 11 heteroatoms. The van der Waals surface area contributed by atoms with E-state index in [9.17, 15) is 22.8 Å². The number of pyridine rings is 1. The molecule has 2 atom stereocenters. The second kappa shape index (κ2) is 11.0. The summed E-state index contributed by atoms with van der Waals surface area (Å²) < 4.78 is 32.5. The molecule has 1 aromatic carbocycles. The van der Waals surface area contributed by atoms with Crippen molar-refractivity contribution in [3.63, 3.8) is 0 Å². The Morgan fingerprint density at radius 3 is 2.69 bits per heavy atom. The molecular weight excluding hydrogens is 484 g/mol. The average Bonchev–Trinajstić information content (AvgIpc) is 3.23. The van der Waals surface area contributed by atoms with Gasteiger partial charge in [-0.05, 0) is 43.5 Å². The van der Waals surface area contributed by atoms with Gasteiger partial charge in [0.25, 0.3) is 15.9 Å². The van der Waals surface area contributed by atoms with Crippen LogP contribution in [0.3, 0.4) is 0 Å². The van der Waals surface area contributed by atoms with Gasteiger partial charge in [0.1, 0.15) is 11.6 Å². The van der Waals surface area contributed by atoms with Crippen LogP contribution in [0.25, 0.3) is 11.0 Å². The number of ketones is 1. The van der Waals surface area contributed by atoms with E-state index in [2.05, 4.69) is 15.6 Å². The lowest BCUT2D eigenvalue weighted by Gasteiger charge is -2.22. The Morgan fingerprint density at radius 2 is 1.97 bits per heavy atom. The van der Waals surface area contributed by atoms with Gasteiger partial charge in [0.05, 0.1) is 12.6 Å². The Bertz CT molecular complexity index is 1320. The van der Waals surface area contributed by atoms with Crippen LogP contribution in [0.4, 0.5) is 0 Å². The number of Topliss-reactive ketones (excluding diaryl/α,β-unsaturated/α-hetero) is 1. The second-order valence-electron chi connectivity index (χ2n) is 8.64. The molecule has 1 aliphatic heterocycles. The van der Waals surface area contributed by atoms with E-state index in [-0.39, 0.29) is 30.3 Å². The van der Waals surface area contributed by atoms with Crippen LogP contribution in [0.2, 0.25) is 0 Å². The van der Waals surface area contributed by atoms with E-state index >= 15 is 0 Å². The van der Waals surface area contributed by atoms with E-state index in [1.54, 1.807) is 30.3 Å². The zero-order valence-corrected chi connectivity index (χ0v) is 20.7. The molecule has 2 amide bonds. The zero-order valence-electron chi connectivity index (χ0n) is 19.8. The fourth-order valence-corrected chi connectivity index (χ4v) is 5.51. The van der Waals surface area contributed by atoms with Gasteiger partial charge in [0.15, 0.2) is 16.6 Å². The normalized spacial score (nSPS) is 17.9. The number of para-hydroxylation sites is 1. The summed E-state index contributed by atoms with van der Waals surface area (Å²) in [5, 5.41) is 6.06. The molecule has 1 aliphatic rings. The largest absolute Gasteiger partial charge is 0.451 e. The molecule has 2 aromatic heterocycles. The van der Waals surface area contributed by atoms with Gasteiger partial charge in [-0.1, -0.05) is 37.6 Å². The zero-order chi connectivity index (χ0) is 25.7. The van der Waals surface area contributed by atoms with Gasteiger partial charge >= 0.3 is 0 Å². The third-order valence-electron chi connectivity index (χ3n) is 6.03. The van der Waals surface area contributed by atoms with E-state index in [1.807, 2.05) is 19.1 Å². The maximum atomic E-state index is 13.0. The molecule has 0 bridgehead atoms. The first-order chi connectivity index (χ1) is 17.3. The van der Waals surface area contributed by atoms with Crippen LogP contribution in [0, 0.1) is 0 Å². The number of hydrogen-bond donors (Lipinski definition) is 2. The third-order valence-corrected chi connectivity index (χ3v) is 7.79. The molecule has 0 aliphatic carbocycles. The average molecular weight is 513 g/mol. The van der Waals surface area contributed by atoms with Gasteiger partial charge in [0, 0.05) is 18.1 Å². The highest BCUT2D eigenvalue weighted by atomic mass is 32.2. The number of sulfonamides is 1. The monoisotopic (exact) mass is 512 g/mol. The highest BCUT2D eigenvalue weighted by molar-refractivity contribution is 7.89. The quantitative estimate of drug-likeness (QED) is 0.472. The van der Waals surface area contributed by atoms with Crippen LogP contribution in [-0.4, -0.2) is 60.5 Å². The molecular formula is C25H28N4O6S. The van der Waals surface area contributed by atoms with E-state index in [0.717, 1.165) is 9.69 Å². The molecule has 3 aromatic rings. The standard InChI is InChI=1S/C25H28N4O6S/c1-2-8-19(28-25(32)22-15-17-9-3-4-11-21(17)35-22)24(31)27-18-10-7-14-29(16-20(18)30)36(33,34)23-12-5-6-13-26-23/h3-6,9,11-13,15,18-19H,2,7-8,10,14,16H2,1H3,(H,27,31)(H,28,32)/t18-,19?/m0/s1. The van der Waals surface area contributed by atoms with Crippen molar-refractivity contribution in [2.75, 3.05) is 13.1 Å². The number of nitrogens with one attached hydrogen (secondary N) is 2. The van der Waals surface area contributed by atoms with Crippen LogP contribution in [0.1, 0.15) is 43.2 Å². The van der Waals surface area contributed by atoms with Crippen LogP contribution in [0.5, 0.6) is 0 Å². The molecule has 0 spiro atoms. The molecule has 1 saturated heterocycles. The number of benzene rings is 1. The van der Waals surface area contributed by atoms with Crippen LogP contribution in [0.15, 0.2) is 64.2 Å². The first kappa shape index (κ1) is 25.5. The summed E-state index contributed by atoms with van der Waals surface area (Å²) in [6.07, 6.45) is 3.02. The summed E-state index contributed by atoms with van der Waals surface area (Å²) in [7, 11) is -3.93. The minimum atomic E-state index is -3.93. The Balaban J connectivity index is 1.42. The molecule has 0 radical (unpaired) electrons. The molecule has 190 valence electrons. The number of aromatic nitrogens is 1. The molecule has 1 fully saturated rings. The van der Waals surface area contributed by atoms with Gasteiger partial charge in [-0.25, -0.2) is 13.4 Å². The molecule has 0 saturated carbocycles. The maximum Gasteiger partial charge on any atom is 0.287 e. The summed E-state index contributed by atoms with van der Waals surface area (Å²) in [4.78, 5) is 42.6. The lowest BCUT2D eigenvalue weighted by molar-refractivity contribution is -0.128. The van der Waals surface area contributed by atoms with Crippen LogP contribution < -0.4 is 10.6 Å². The number of carbonyl (C=O) groups is 3. The Morgan fingerprint density at radius 1 is 1.19 bits per heavy atom. The number of fused-ring (bicyclic) bond motifs is 1. The van der Waals surface area contributed by atoms with Crippen LogP contribution >= 0.6 is 0 Å². The predicted molar refractivity (Wildman–Crippen MR) is 132 cm³/mol. The van der Waals surface area contributed by atoms with Crippen molar-refractivity contribution in [2.24, 2.45) is 0 Å². The highest BCUT2D eigenvalue weighted by Crippen LogP contribution is 2.20. The molecule has 3 heterocycles. The van der Waals surface area contributed by atoms with Gasteiger partial charge in [-0.2, -0.15) is 4.31 Å². The van der Waals surface area contributed by atoms with Crippen molar-refractivity contribution in [1.82, 2.24) is 19.9 Å². The van der Waals surface area contributed by atoms with Crippen molar-refractivity contribution in [1.29, 1.82) is 0 Å². The Hall–Kier alpha value is -3.57. The Kier molecular flexibility index (Phi) is 7.80. The SMILES string of the molecule is CCCC(NC(=O)c1cc2ccccc2o1)C(=O)N[C@H]1CCCN(S(=O)(=O)c2ccccn2)CC1=O. The van der Waals surface area contributed by atoms with Crippen molar-refractivity contribution in [2.45, 2.75) is 49.7 Å². The van der Waals surface area contributed by atoms with Crippen molar-refractivity contribution in [3.05, 3.63) is 60.5 Å².